The van der Waals surface area contributed by atoms with Crippen LogP contribution in [0.15, 0.2) is 42.7 Å². The molecule has 0 saturated heterocycles. The number of anilines is 1. The molecule has 2 aromatic rings. The van der Waals surface area contributed by atoms with Crippen LogP contribution in [0, 0.1) is 0 Å². The van der Waals surface area contributed by atoms with Crippen LogP contribution < -0.4 is 11.1 Å². The lowest BCUT2D eigenvalue weighted by Crippen LogP contribution is -2.35. The molecule has 0 aliphatic carbocycles. The number of hydrogen-bond donors (Lipinski definition) is 2. The fourth-order valence-electron chi connectivity index (χ4n) is 1.90. The number of amides is 1. The number of hydrogen-bond acceptors (Lipinski definition) is 4. The highest BCUT2D eigenvalue weighted by atomic mass is 32.2. The smallest absolute Gasteiger partial charge is 0.241 e. The zero-order valence-electron chi connectivity index (χ0n) is 12.0. The molecule has 0 saturated carbocycles. The van der Waals surface area contributed by atoms with Crippen molar-refractivity contribution in [2.45, 2.75) is 19.0 Å². The van der Waals surface area contributed by atoms with E-state index in [1.807, 2.05) is 42.8 Å². The number of carbonyl (C=O) groups is 1. The molecule has 6 heteroatoms. The Labute approximate surface area is 128 Å². The van der Waals surface area contributed by atoms with Gasteiger partial charge in [0.1, 0.15) is 0 Å². The third-order valence-corrected chi connectivity index (χ3v) is 3.70. The standard InChI is InChI=1S/C15H20N4OS/c1-21-8-7-14(16)15(20)18-13-9-17-19(11-13)10-12-5-3-2-4-6-12/h2-6,9,11,14H,7-8,10,16H2,1H3,(H,18,20)/t14-/m1/s1. The number of carbonyl (C=O) groups excluding carboxylic acids is 1. The second-order valence-electron chi connectivity index (χ2n) is 4.79. The van der Waals surface area contributed by atoms with E-state index in [0.29, 0.717) is 18.7 Å². The van der Waals surface area contributed by atoms with E-state index in [0.717, 1.165) is 11.3 Å². The Morgan fingerprint density at radius 2 is 2.19 bits per heavy atom. The lowest BCUT2D eigenvalue weighted by molar-refractivity contribution is -0.117. The Hall–Kier alpha value is -1.79. The first-order valence-corrected chi connectivity index (χ1v) is 8.20. The fraction of sp³-hybridized carbons (Fsp3) is 0.333. The van der Waals surface area contributed by atoms with E-state index >= 15 is 0 Å². The number of benzene rings is 1. The molecule has 3 N–H and O–H groups in total. The average molecular weight is 304 g/mol. The largest absolute Gasteiger partial charge is 0.322 e. The van der Waals surface area contributed by atoms with E-state index in [4.69, 9.17) is 5.73 Å². The summed E-state index contributed by atoms with van der Waals surface area (Å²) in [6.45, 7) is 0.676. The first kappa shape index (κ1) is 15.6. The summed E-state index contributed by atoms with van der Waals surface area (Å²) in [5.41, 5.74) is 7.67. The van der Waals surface area contributed by atoms with E-state index in [1.165, 1.54) is 0 Å². The van der Waals surface area contributed by atoms with Gasteiger partial charge in [-0.25, -0.2) is 0 Å². The van der Waals surface area contributed by atoms with E-state index in [-0.39, 0.29) is 5.91 Å². The predicted molar refractivity (Wildman–Crippen MR) is 87.4 cm³/mol. The Kier molecular flexibility index (Phi) is 5.83. The van der Waals surface area contributed by atoms with Gasteiger partial charge in [-0.3, -0.25) is 9.48 Å². The first-order valence-electron chi connectivity index (χ1n) is 6.81. The molecule has 5 nitrogen and oxygen atoms in total. The van der Waals surface area contributed by atoms with Crippen molar-refractivity contribution in [2.24, 2.45) is 5.73 Å². The summed E-state index contributed by atoms with van der Waals surface area (Å²) in [6.07, 6.45) is 6.12. The highest BCUT2D eigenvalue weighted by molar-refractivity contribution is 7.98. The molecule has 1 amide bonds. The molecule has 1 atom stereocenters. The van der Waals surface area contributed by atoms with Gasteiger partial charge < -0.3 is 11.1 Å². The summed E-state index contributed by atoms with van der Waals surface area (Å²) in [6, 6.07) is 9.57. The van der Waals surface area contributed by atoms with Gasteiger partial charge in [-0.15, -0.1) is 0 Å². The van der Waals surface area contributed by atoms with Gasteiger partial charge in [0.25, 0.3) is 0 Å². The monoisotopic (exact) mass is 304 g/mol. The van der Waals surface area contributed by atoms with Crippen molar-refractivity contribution in [2.75, 3.05) is 17.3 Å². The molecular formula is C15H20N4OS. The van der Waals surface area contributed by atoms with E-state index < -0.39 is 6.04 Å². The van der Waals surface area contributed by atoms with Gasteiger partial charge in [0.05, 0.1) is 24.5 Å². The highest BCUT2D eigenvalue weighted by Gasteiger charge is 2.13. The maximum Gasteiger partial charge on any atom is 0.241 e. The third kappa shape index (κ3) is 4.91. The number of rotatable bonds is 7. The molecule has 1 aromatic carbocycles. The van der Waals surface area contributed by atoms with Crippen molar-refractivity contribution in [3.8, 4) is 0 Å². The molecule has 1 aromatic heterocycles. The summed E-state index contributed by atoms with van der Waals surface area (Å²) >= 11 is 1.68. The molecule has 0 unspecified atom stereocenters. The second-order valence-corrected chi connectivity index (χ2v) is 5.78. The van der Waals surface area contributed by atoms with Crippen LogP contribution in [0.1, 0.15) is 12.0 Å². The summed E-state index contributed by atoms with van der Waals surface area (Å²) in [7, 11) is 0. The molecular weight excluding hydrogens is 284 g/mol. The molecule has 0 aliphatic heterocycles. The quantitative estimate of drug-likeness (QED) is 0.820. The fourth-order valence-corrected chi connectivity index (χ4v) is 2.39. The summed E-state index contributed by atoms with van der Waals surface area (Å²) < 4.78 is 1.79. The Bertz CT molecular complexity index is 570. The van der Waals surface area contributed by atoms with Crippen LogP contribution in [0.4, 0.5) is 5.69 Å². The highest BCUT2D eigenvalue weighted by Crippen LogP contribution is 2.09. The lowest BCUT2D eigenvalue weighted by atomic mass is 10.2. The van der Waals surface area contributed by atoms with Gasteiger partial charge in [0.15, 0.2) is 0 Å². The van der Waals surface area contributed by atoms with Gasteiger partial charge in [-0.2, -0.15) is 16.9 Å². The Balaban J connectivity index is 1.89. The minimum atomic E-state index is -0.477. The predicted octanol–water partition coefficient (Wildman–Crippen LogP) is 1.95. The molecule has 0 fully saturated rings. The SMILES string of the molecule is CSCC[C@@H](N)C(=O)Nc1cnn(Cc2ccccc2)c1. The minimum Gasteiger partial charge on any atom is -0.322 e. The van der Waals surface area contributed by atoms with Gasteiger partial charge in [0.2, 0.25) is 5.91 Å². The lowest BCUT2D eigenvalue weighted by Gasteiger charge is -2.09. The van der Waals surface area contributed by atoms with Crippen molar-refractivity contribution >= 4 is 23.4 Å². The molecule has 2 rings (SSSR count). The van der Waals surface area contributed by atoms with Crippen molar-refractivity contribution in [3.63, 3.8) is 0 Å². The number of aromatic nitrogens is 2. The first-order chi connectivity index (χ1) is 10.2. The number of nitrogens with two attached hydrogens (primary N) is 1. The summed E-state index contributed by atoms with van der Waals surface area (Å²) in [5, 5.41) is 7.04. The zero-order valence-corrected chi connectivity index (χ0v) is 12.8. The molecule has 0 bridgehead atoms. The molecule has 0 spiro atoms. The normalized spacial score (nSPS) is 12.1. The third-order valence-electron chi connectivity index (χ3n) is 3.06. The van der Waals surface area contributed by atoms with Crippen molar-refractivity contribution in [1.29, 1.82) is 0 Å². The second kappa shape index (κ2) is 7.85. The van der Waals surface area contributed by atoms with Crippen LogP contribution in [0.3, 0.4) is 0 Å². The molecule has 21 heavy (non-hydrogen) atoms. The van der Waals surface area contributed by atoms with Crippen LogP contribution >= 0.6 is 11.8 Å². The molecule has 0 aliphatic rings. The van der Waals surface area contributed by atoms with Crippen LogP contribution in [0.25, 0.3) is 0 Å². The van der Waals surface area contributed by atoms with Crippen molar-refractivity contribution in [3.05, 3.63) is 48.3 Å². The topological polar surface area (TPSA) is 72.9 Å². The molecule has 1 heterocycles. The number of thioether (sulfide) groups is 1. The van der Waals surface area contributed by atoms with Crippen molar-refractivity contribution < 1.29 is 4.79 Å². The van der Waals surface area contributed by atoms with E-state index in [1.54, 1.807) is 22.6 Å². The Morgan fingerprint density at radius 3 is 2.90 bits per heavy atom. The van der Waals surface area contributed by atoms with E-state index in [2.05, 4.69) is 10.4 Å². The zero-order chi connectivity index (χ0) is 15.1. The van der Waals surface area contributed by atoms with Crippen LogP contribution in [-0.2, 0) is 11.3 Å². The number of nitrogens with zero attached hydrogens (tertiary/aromatic N) is 2. The maximum absolute atomic E-state index is 11.9. The average Bonchev–Trinajstić information content (AvgIpc) is 2.92. The molecule has 112 valence electrons. The van der Waals surface area contributed by atoms with E-state index in [9.17, 15) is 4.79 Å². The summed E-state index contributed by atoms with van der Waals surface area (Å²) in [4.78, 5) is 11.9. The van der Waals surface area contributed by atoms with Crippen LogP contribution in [-0.4, -0.2) is 33.7 Å². The summed E-state index contributed by atoms with van der Waals surface area (Å²) in [5.74, 6) is 0.713. The van der Waals surface area contributed by atoms with Gasteiger partial charge in [-0.05, 0) is 24.0 Å². The molecule has 0 radical (unpaired) electrons. The van der Waals surface area contributed by atoms with Gasteiger partial charge >= 0.3 is 0 Å². The Morgan fingerprint density at radius 1 is 1.43 bits per heavy atom. The minimum absolute atomic E-state index is 0.164. The van der Waals surface area contributed by atoms with Crippen molar-refractivity contribution in [1.82, 2.24) is 9.78 Å². The van der Waals surface area contributed by atoms with Crippen LogP contribution in [0.2, 0.25) is 0 Å². The van der Waals surface area contributed by atoms with Crippen LogP contribution in [0.5, 0.6) is 0 Å². The van der Waals surface area contributed by atoms with Gasteiger partial charge in [0, 0.05) is 6.20 Å². The number of nitrogens with one attached hydrogen (secondary N) is 1. The van der Waals surface area contributed by atoms with Gasteiger partial charge in [-0.1, -0.05) is 30.3 Å². The maximum atomic E-state index is 11.9.